The van der Waals surface area contributed by atoms with Gasteiger partial charge >= 0.3 is 5.97 Å². The van der Waals surface area contributed by atoms with Gasteiger partial charge in [-0.25, -0.2) is 9.18 Å². The molecular formula is C9H6ClFN2O3. The molecule has 2 N–H and O–H groups in total. The monoisotopic (exact) mass is 244 g/mol. The number of carbonyl (C=O) groups is 1. The molecule has 1 rings (SSSR count). The summed E-state index contributed by atoms with van der Waals surface area (Å²) >= 11 is 5.43. The first kappa shape index (κ1) is 12.1. The van der Waals surface area contributed by atoms with Crippen LogP contribution in [-0.4, -0.2) is 16.2 Å². The molecule has 0 bridgehead atoms. The standard InChI is InChI=1S/C9H6ClFN2O3/c10-6-2-1-5(3-7(6)11)12-13-8(4-14)9(15)16/h1-4,14H,(H,15,16). The summed E-state index contributed by atoms with van der Waals surface area (Å²) < 4.78 is 12.9. The molecule has 7 heteroatoms. The number of carboxylic acids is 1. The van der Waals surface area contributed by atoms with Gasteiger partial charge in [0.25, 0.3) is 0 Å². The zero-order chi connectivity index (χ0) is 12.1. The van der Waals surface area contributed by atoms with Gasteiger partial charge in [-0.05, 0) is 12.1 Å². The van der Waals surface area contributed by atoms with Crippen LogP contribution in [0.3, 0.4) is 0 Å². The number of carboxylic acid groups (broad SMARTS) is 1. The van der Waals surface area contributed by atoms with E-state index in [0.29, 0.717) is 0 Å². The van der Waals surface area contributed by atoms with Gasteiger partial charge in [0.1, 0.15) is 12.1 Å². The molecule has 0 heterocycles. The fourth-order valence-corrected chi connectivity index (χ4v) is 0.900. The molecule has 84 valence electrons. The number of aliphatic carboxylic acids is 1. The Morgan fingerprint density at radius 1 is 1.50 bits per heavy atom. The van der Waals surface area contributed by atoms with Crippen LogP contribution < -0.4 is 0 Å². The average molecular weight is 245 g/mol. The quantitative estimate of drug-likeness (QED) is 0.487. The predicted octanol–water partition coefficient (Wildman–Crippen LogP) is 3.05. The fraction of sp³-hybridized carbons (Fsp3) is 0. The van der Waals surface area contributed by atoms with Crippen molar-refractivity contribution in [1.29, 1.82) is 0 Å². The molecule has 5 nitrogen and oxygen atoms in total. The summed E-state index contributed by atoms with van der Waals surface area (Å²) in [7, 11) is 0. The van der Waals surface area contributed by atoms with Crippen LogP contribution in [0, 0.1) is 5.82 Å². The molecule has 1 aromatic rings. The molecule has 0 aromatic heterocycles. The highest BCUT2D eigenvalue weighted by Crippen LogP contribution is 2.21. The molecule has 0 saturated carbocycles. The lowest BCUT2D eigenvalue weighted by molar-refractivity contribution is -0.132. The van der Waals surface area contributed by atoms with Crippen molar-refractivity contribution in [2.75, 3.05) is 0 Å². The van der Waals surface area contributed by atoms with E-state index < -0.39 is 17.5 Å². The van der Waals surface area contributed by atoms with Crippen molar-refractivity contribution in [2.45, 2.75) is 0 Å². The third kappa shape index (κ3) is 3.03. The van der Waals surface area contributed by atoms with Gasteiger partial charge in [-0.15, -0.1) is 5.11 Å². The molecule has 0 amide bonds. The molecule has 0 aliphatic carbocycles. The second-order valence-corrected chi connectivity index (χ2v) is 3.03. The van der Waals surface area contributed by atoms with Crippen molar-refractivity contribution in [2.24, 2.45) is 10.2 Å². The summed E-state index contributed by atoms with van der Waals surface area (Å²) in [5.41, 5.74) is -0.571. The van der Waals surface area contributed by atoms with Crippen molar-refractivity contribution < 1.29 is 19.4 Å². The molecule has 1 aromatic carbocycles. The van der Waals surface area contributed by atoms with Crippen molar-refractivity contribution in [3.05, 3.63) is 41.0 Å². The number of hydrogen-bond donors (Lipinski definition) is 2. The van der Waals surface area contributed by atoms with E-state index in [0.717, 1.165) is 6.07 Å². The number of azo groups is 1. The van der Waals surface area contributed by atoms with E-state index >= 15 is 0 Å². The van der Waals surface area contributed by atoms with E-state index in [1.165, 1.54) is 12.1 Å². The van der Waals surface area contributed by atoms with E-state index in [1.807, 2.05) is 0 Å². The minimum atomic E-state index is -1.44. The zero-order valence-corrected chi connectivity index (χ0v) is 8.52. The Balaban J connectivity index is 2.92. The summed E-state index contributed by atoms with van der Waals surface area (Å²) in [4.78, 5) is 10.4. The largest absolute Gasteiger partial charge is 0.513 e. The fourth-order valence-electron chi connectivity index (χ4n) is 0.783. The lowest BCUT2D eigenvalue weighted by atomic mass is 10.3. The maximum absolute atomic E-state index is 12.9. The maximum Gasteiger partial charge on any atom is 0.359 e. The van der Waals surface area contributed by atoms with Gasteiger partial charge < -0.3 is 10.2 Å². The Bertz CT molecular complexity index is 474. The van der Waals surface area contributed by atoms with Crippen LogP contribution in [0.25, 0.3) is 0 Å². The normalized spacial score (nSPS) is 12.0. The number of nitrogens with zero attached hydrogens (tertiary/aromatic N) is 2. The maximum atomic E-state index is 12.9. The summed E-state index contributed by atoms with van der Waals surface area (Å²) in [6, 6.07) is 3.60. The Labute approximate surface area is 94.5 Å². The van der Waals surface area contributed by atoms with Gasteiger partial charge in [0.2, 0.25) is 5.70 Å². The van der Waals surface area contributed by atoms with Crippen molar-refractivity contribution in [1.82, 2.24) is 0 Å². The molecular weight excluding hydrogens is 239 g/mol. The van der Waals surface area contributed by atoms with Crippen LogP contribution in [0.4, 0.5) is 10.1 Å². The summed E-state index contributed by atoms with van der Waals surface area (Å²) in [5.74, 6) is -2.14. The molecule has 0 aliphatic heterocycles. The molecule has 0 fully saturated rings. The van der Waals surface area contributed by atoms with Crippen LogP contribution in [0.2, 0.25) is 5.02 Å². The van der Waals surface area contributed by atoms with E-state index in [2.05, 4.69) is 10.2 Å². The first-order valence-corrected chi connectivity index (χ1v) is 4.37. The van der Waals surface area contributed by atoms with E-state index in [4.69, 9.17) is 21.8 Å². The van der Waals surface area contributed by atoms with Gasteiger partial charge in [0.15, 0.2) is 0 Å². The van der Waals surface area contributed by atoms with Gasteiger partial charge in [-0.2, -0.15) is 5.11 Å². The van der Waals surface area contributed by atoms with Crippen molar-refractivity contribution >= 4 is 23.3 Å². The Morgan fingerprint density at radius 3 is 2.69 bits per heavy atom. The van der Waals surface area contributed by atoms with Gasteiger partial charge in [0, 0.05) is 6.07 Å². The molecule has 0 aliphatic rings. The number of rotatable bonds is 3. The highest BCUT2D eigenvalue weighted by molar-refractivity contribution is 6.30. The van der Waals surface area contributed by atoms with E-state index in [-0.39, 0.29) is 17.0 Å². The molecule has 0 radical (unpaired) electrons. The van der Waals surface area contributed by atoms with Crippen LogP contribution in [0.1, 0.15) is 0 Å². The van der Waals surface area contributed by atoms with Crippen molar-refractivity contribution in [3.63, 3.8) is 0 Å². The molecule has 16 heavy (non-hydrogen) atoms. The third-order valence-electron chi connectivity index (χ3n) is 1.52. The van der Waals surface area contributed by atoms with Gasteiger partial charge in [0.05, 0.1) is 10.7 Å². The molecule has 0 unspecified atom stereocenters. The number of hydrogen-bond acceptors (Lipinski definition) is 4. The Hall–Kier alpha value is -1.95. The second-order valence-electron chi connectivity index (χ2n) is 2.62. The molecule has 0 atom stereocenters. The van der Waals surface area contributed by atoms with Crippen LogP contribution >= 0.6 is 11.6 Å². The first-order valence-electron chi connectivity index (χ1n) is 3.99. The Kier molecular flexibility index (Phi) is 3.96. The van der Waals surface area contributed by atoms with Crippen LogP contribution in [-0.2, 0) is 4.79 Å². The predicted molar refractivity (Wildman–Crippen MR) is 54.3 cm³/mol. The number of aliphatic hydroxyl groups excluding tert-OH is 1. The van der Waals surface area contributed by atoms with Crippen LogP contribution in [0.5, 0.6) is 0 Å². The van der Waals surface area contributed by atoms with Gasteiger partial charge in [-0.1, -0.05) is 11.6 Å². The second kappa shape index (κ2) is 5.22. The SMILES string of the molecule is O=C(O)C(=CO)N=Nc1ccc(Cl)c(F)c1. The minimum absolute atomic E-state index is 0.0740. The molecule has 0 saturated heterocycles. The van der Waals surface area contributed by atoms with Crippen molar-refractivity contribution in [3.8, 4) is 0 Å². The first-order chi connectivity index (χ1) is 7.54. The van der Waals surface area contributed by atoms with Gasteiger partial charge in [-0.3, -0.25) is 0 Å². The lowest BCUT2D eigenvalue weighted by Crippen LogP contribution is -1.96. The number of halogens is 2. The smallest absolute Gasteiger partial charge is 0.359 e. The lowest BCUT2D eigenvalue weighted by Gasteiger charge is -1.95. The van der Waals surface area contributed by atoms with Crippen LogP contribution in [0.15, 0.2) is 40.4 Å². The highest BCUT2D eigenvalue weighted by Gasteiger charge is 2.05. The topological polar surface area (TPSA) is 82.2 Å². The number of benzene rings is 1. The van der Waals surface area contributed by atoms with E-state index in [9.17, 15) is 9.18 Å². The van der Waals surface area contributed by atoms with E-state index in [1.54, 1.807) is 0 Å². The molecule has 0 spiro atoms. The summed E-state index contributed by atoms with van der Waals surface area (Å²) in [5, 5.41) is 23.5. The average Bonchev–Trinajstić information content (AvgIpc) is 2.23. The summed E-state index contributed by atoms with van der Waals surface area (Å²) in [6.45, 7) is 0. The third-order valence-corrected chi connectivity index (χ3v) is 1.82. The Morgan fingerprint density at radius 2 is 2.19 bits per heavy atom. The zero-order valence-electron chi connectivity index (χ0n) is 7.76. The highest BCUT2D eigenvalue weighted by atomic mass is 35.5. The number of aliphatic hydroxyl groups is 1. The minimum Gasteiger partial charge on any atom is -0.513 e. The summed E-state index contributed by atoms with van der Waals surface area (Å²) in [6.07, 6.45) is 0.290.